The summed E-state index contributed by atoms with van der Waals surface area (Å²) in [6.07, 6.45) is 3.53. The minimum Gasteiger partial charge on any atom is -0.411 e. The number of pyridine rings is 1. The van der Waals surface area contributed by atoms with E-state index in [0.29, 0.717) is 5.71 Å². The molecule has 1 heterocycles. The van der Waals surface area contributed by atoms with Crippen LogP contribution in [-0.2, 0) is 0 Å². The molecule has 0 saturated carbocycles. The van der Waals surface area contributed by atoms with Crippen LogP contribution in [0.15, 0.2) is 53.9 Å². The van der Waals surface area contributed by atoms with Gasteiger partial charge in [0.25, 0.3) is 0 Å². The molecule has 0 aliphatic rings. The summed E-state index contributed by atoms with van der Waals surface area (Å²) < 4.78 is 0. The SMILES string of the molecule is CC(=NO)c1ccccc1-c1cccnc1. The molecule has 3 nitrogen and oxygen atoms in total. The predicted octanol–water partition coefficient (Wildman–Crippen LogP) is 2.95. The van der Waals surface area contributed by atoms with Crippen molar-refractivity contribution in [3.63, 3.8) is 0 Å². The zero-order valence-corrected chi connectivity index (χ0v) is 8.96. The maximum absolute atomic E-state index is 8.83. The molecular formula is C13H12N2O. The molecule has 16 heavy (non-hydrogen) atoms. The van der Waals surface area contributed by atoms with E-state index in [4.69, 9.17) is 5.21 Å². The standard InChI is InChI=1S/C13H12N2O/c1-10(15-16)12-6-2-3-7-13(12)11-5-4-8-14-9-11/h2-9,16H,1H3. The van der Waals surface area contributed by atoms with Gasteiger partial charge in [-0.05, 0) is 18.6 Å². The number of rotatable bonds is 2. The molecule has 0 radical (unpaired) electrons. The number of benzene rings is 1. The van der Waals surface area contributed by atoms with Gasteiger partial charge in [-0.2, -0.15) is 0 Å². The maximum atomic E-state index is 8.83. The number of hydrogen-bond donors (Lipinski definition) is 1. The van der Waals surface area contributed by atoms with Gasteiger partial charge in [-0.15, -0.1) is 0 Å². The molecule has 1 aromatic heterocycles. The Kier molecular flexibility index (Phi) is 2.96. The predicted molar refractivity (Wildman–Crippen MR) is 63.7 cm³/mol. The Morgan fingerprint density at radius 2 is 2.00 bits per heavy atom. The fourth-order valence-electron chi connectivity index (χ4n) is 1.63. The van der Waals surface area contributed by atoms with E-state index in [1.807, 2.05) is 36.4 Å². The Labute approximate surface area is 94.1 Å². The van der Waals surface area contributed by atoms with E-state index >= 15 is 0 Å². The van der Waals surface area contributed by atoms with Crippen LogP contribution in [0, 0.1) is 0 Å². The van der Waals surface area contributed by atoms with Gasteiger partial charge in [0.2, 0.25) is 0 Å². The number of nitrogens with zero attached hydrogens (tertiary/aromatic N) is 2. The first kappa shape index (κ1) is 10.4. The number of aromatic nitrogens is 1. The summed E-state index contributed by atoms with van der Waals surface area (Å²) >= 11 is 0. The van der Waals surface area contributed by atoms with E-state index in [-0.39, 0.29) is 0 Å². The Morgan fingerprint density at radius 3 is 2.69 bits per heavy atom. The normalized spacial score (nSPS) is 11.4. The van der Waals surface area contributed by atoms with Crippen molar-refractivity contribution in [3.05, 3.63) is 54.4 Å². The summed E-state index contributed by atoms with van der Waals surface area (Å²) in [4.78, 5) is 4.08. The third-order valence-electron chi connectivity index (χ3n) is 2.44. The molecule has 0 atom stereocenters. The summed E-state index contributed by atoms with van der Waals surface area (Å²) in [6, 6.07) is 11.7. The third kappa shape index (κ3) is 1.93. The highest BCUT2D eigenvalue weighted by Gasteiger charge is 2.06. The van der Waals surface area contributed by atoms with Crippen LogP contribution in [-0.4, -0.2) is 15.9 Å². The van der Waals surface area contributed by atoms with Crippen LogP contribution in [0.5, 0.6) is 0 Å². The first-order valence-electron chi connectivity index (χ1n) is 5.01. The molecular weight excluding hydrogens is 200 g/mol. The van der Waals surface area contributed by atoms with Crippen LogP contribution in [0.25, 0.3) is 11.1 Å². The van der Waals surface area contributed by atoms with Crippen molar-refractivity contribution in [2.24, 2.45) is 5.16 Å². The van der Waals surface area contributed by atoms with Gasteiger partial charge < -0.3 is 5.21 Å². The van der Waals surface area contributed by atoms with E-state index in [1.54, 1.807) is 19.3 Å². The van der Waals surface area contributed by atoms with Gasteiger partial charge in [-0.1, -0.05) is 35.5 Å². The molecule has 0 spiro atoms. The van der Waals surface area contributed by atoms with Gasteiger partial charge in [0.1, 0.15) is 0 Å². The molecule has 0 fully saturated rings. The lowest BCUT2D eigenvalue weighted by atomic mass is 9.98. The Bertz CT molecular complexity index is 506. The fraction of sp³-hybridized carbons (Fsp3) is 0.0769. The minimum atomic E-state index is 0.597. The molecule has 0 unspecified atom stereocenters. The van der Waals surface area contributed by atoms with Crippen LogP contribution in [0.2, 0.25) is 0 Å². The third-order valence-corrected chi connectivity index (χ3v) is 2.44. The first-order valence-corrected chi connectivity index (χ1v) is 5.01. The van der Waals surface area contributed by atoms with Crippen LogP contribution in [0.1, 0.15) is 12.5 Å². The Morgan fingerprint density at radius 1 is 1.19 bits per heavy atom. The quantitative estimate of drug-likeness (QED) is 0.472. The van der Waals surface area contributed by atoms with Crippen molar-refractivity contribution in [2.45, 2.75) is 6.92 Å². The minimum absolute atomic E-state index is 0.597. The highest BCUT2D eigenvalue weighted by Crippen LogP contribution is 2.23. The van der Waals surface area contributed by atoms with Gasteiger partial charge in [-0.3, -0.25) is 4.98 Å². The smallest absolute Gasteiger partial charge is 0.0843 e. The lowest BCUT2D eigenvalue weighted by Gasteiger charge is -2.07. The van der Waals surface area contributed by atoms with Gasteiger partial charge >= 0.3 is 0 Å². The Balaban J connectivity index is 2.58. The van der Waals surface area contributed by atoms with Gasteiger partial charge in [-0.25, -0.2) is 0 Å². The summed E-state index contributed by atoms with van der Waals surface area (Å²) in [5.74, 6) is 0. The van der Waals surface area contributed by atoms with Crippen molar-refractivity contribution in [3.8, 4) is 11.1 Å². The van der Waals surface area contributed by atoms with E-state index in [0.717, 1.165) is 16.7 Å². The van der Waals surface area contributed by atoms with Crippen molar-refractivity contribution in [1.29, 1.82) is 0 Å². The molecule has 1 aromatic carbocycles. The van der Waals surface area contributed by atoms with Gasteiger partial charge in [0.05, 0.1) is 5.71 Å². The maximum Gasteiger partial charge on any atom is 0.0843 e. The van der Waals surface area contributed by atoms with Crippen molar-refractivity contribution in [1.82, 2.24) is 4.98 Å². The van der Waals surface area contributed by atoms with E-state index < -0.39 is 0 Å². The summed E-state index contributed by atoms with van der Waals surface area (Å²) in [6.45, 7) is 1.77. The largest absolute Gasteiger partial charge is 0.411 e. The van der Waals surface area contributed by atoms with Crippen LogP contribution < -0.4 is 0 Å². The summed E-state index contributed by atoms with van der Waals surface area (Å²) in [5, 5.41) is 12.1. The van der Waals surface area contributed by atoms with Crippen molar-refractivity contribution < 1.29 is 5.21 Å². The lowest BCUT2D eigenvalue weighted by molar-refractivity contribution is 0.319. The number of hydrogen-bond acceptors (Lipinski definition) is 3. The molecule has 2 aromatic rings. The molecule has 80 valence electrons. The molecule has 2 rings (SSSR count). The molecule has 0 bridgehead atoms. The topological polar surface area (TPSA) is 45.5 Å². The monoisotopic (exact) mass is 212 g/mol. The van der Waals surface area contributed by atoms with Crippen LogP contribution in [0.3, 0.4) is 0 Å². The molecule has 0 aliphatic carbocycles. The van der Waals surface area contributed by atoms with E-state index in [1.165, 1.54) is 0 Å². The van der Waals surface area contributed by atoms with Crippen molar-refractivity contribution in [2.75, 3.05) is 0 Å². The summed E-state index contributed by atoms with van der Waals surface area (Å²) in [7, 11) is 0. The zero-order valence-electron chi connectivity index (χ0n) is 8.96. The Hall–Kier alpha value is -2.16. The van der Waals surface area contributed by atoms with Gasteiger partial charge in [0, 0.05) is 23.5 Å². The van der Waals surface area contributed by atoms with Gasteiger partial charge in [0.15, 0.2) is 0 Å². The second kappa shape index (κ2) is 4.57. The molecule has 0 amide bonds. The molecule has 0 saturated heterocycles. The van der Waals surface area contributed by atoms with Crippen LogP contribution in [0.4, 0.5) is 0 Å². The van der Waals surface area contributed by atoms with Crippen molar-refractivity contribution >= 4 is 5.71 Å². The second-order valence-corrected chi connectivity index (χ2v) is 3.47. The second-order valence-electron chi connectivity index (χ2n) is 3.47. The molecule has 1 N–H and O–H groups in total. The van der Waals surface area contributed by atoms with Crippen LogP contribution >= 0.6 is 0 Å². The zero-order chi connectivity index (χ0) is 11.4. The van der Waals surface area contributed by atoms with E-state index in [2.05, 4.69) is 10.1 Å². The molecule has 0 aliphatic heterocycles. The lowest BCUT2D eigenvalue weighted by Crippen LogP contribution is -1.97. The molecule has 3 heteroatoms. The fourth-order valence-corrected chi connectivity index (χ4v) is 1.63. The average Bonchev–Trinajstić information content (AvgIpc) is 2.39. The highest BCUT2D eigenvalue weighted by molar-refractivity contribution is 6.04. The van der Waals surface area contributed by atoms with E-state index in [9.17, 15) is 0 Å². The average molecular weight is 212 g/mol. The first-order chi connectivity index (χ1) is 7.83. The summed E-state index contributed by atoms with van der Waals surface area (Å²) in [5.41, 5.74) is 3.55. The highest BCUT2D eigenvalue weighted by atomic mass is 16.4. The number of oxime groups is 1.